The molecule has 0 bridgehead atoms. The summed E-state index contributed by atoms with van der Waals surface area (Å²) in [6.07, 6.45) is 0.465. The molecule has 5 heteroatoms. The molecule has 1 aliphatic rings. The highest BCUT2D eigenvalue weighted by molar-refractivity contribution is 6.34. The number of hydrogen-bond acceptors (Lipinski definition) is 3. The van der Waals surface area contributed by atoms with E-state index in [1.54, 1.807) is 23.1 Å². The Balaban J connectivity index is 2.29. The standard InChI is InChI=1S/C12H12ClN3O/c13-10-3-8(5-14)1-2-11(10)16-7-9(6-15)4-12(16)17/h1-3,9H,4,6-7,15H2. The van der Waals surface area contributed by atoms with E-state index in [0.29, 0.717) is 35.8 Å². The van der Waals surface area contributed by atoms with Gasteiger partial charge in [-0.05, 0) is 30.7 Å². The maximum atomic E-state index is 11.8. The van der Waals surface area contributed by atoms with Crippen LogP contribution in [-0.2, 0) is 4.79 Å². The Morgan fingerprint density at radius 2 is 2.35 bits per heavy atom. The van der Waals surface area contributed by atoms with Crippen LogP contribution < -0.4 is 10.6 Å². The van der Waals surface area contributed by atoms with Crippen molar-refractivity contribution in [1.29, 1.82) is 5.26 Å². The lowest BCUT2D eigenvalue weighted by Gasteiger charge is -2.18. The van der Waals surface area contributed by atoms with Gasteiger partial charge in [-0.1, -0.05) is 11.6 Å². The highest BCUT2D eigenvalue weighted by Crippen LogP contribution is 2.31. The van der Waals surface area contributed by atoms with Crippen LogP contribution in [0.5, 0.6) is 0 Å². The molecule has 2 N–H and O–H groups in total. The topological polar surface area (TPSA) is 70.1 Å². The van der Waals surface area contributed by atoms with Crippen LogP contribution in [-0.4, -0.2) is 19.0 Å². The molecular formula is C12H12ClN3O. The van der Waals surface area contributed by atoms with E-state index < -0.39 is 0 Å². The van der Waals surface area contributed by atoms with Gasteiger partial charge in [0.15, 0.2) is 0 Å². The maximum Gasteiger partial charge on any atom is 0.227 e. The van der Waals surface area contributed by atoms with Crippen LogP contribution in [0.4, 0.5) is 5.69 Å². The van der Waals surface area contributed by atoms with Crippen molar-refractivity contribution in [1.82, 2.24) is 0 Å². The number of rotatable bonds is 2. The fourth-order valence-corrected chi connectivity index (χ4v) is 2.25. The smallest absolute Gasteiger partial charge is 0.227 e. The zero-order chi connectivity index (χ0) is 12.4. The van der Waals surface area contributed by atoms with E-state index in [9.17, 15) is 4.79 Å². The predicted octanol–water partition coefficient (Wildman–Crippen LogP) is 1.52. The van der Waals surface area contributed by atoms with Gasteiger partial charge >= 0.3 is 0 Å². The summed E-state index contributed by atoms with van der Waals surface area (Å²) in [5.74, 6) is 0.223. The van der Waals surface area contributed by atoms with Crippen LogP contribution in [0.1, 0.15) is 12.0 Å². The second kappa shape index (κ2) is 4.74. The molecule has 17 heavy (non-hydrogen) atoms. The van der Waals surface area contributed by atoms with Crippen LogP contribution in [0.15, 0.2) is 18.2 Å². The Morgan fingerprint density at radius 1 is 1.59 bits per heavy atom. The highest BCUT2D eigenvalue weighted by atomic mass is 35.5. The van der Waals surface area contributed by atoms with E-state index in [0.717, 1.165) is 0 Å². The molecule has 1 saturated heterocycles. The minimum atomic E-state index is 0.0343. The van der Waals surface area contributed by atoms with Gasteiger partial charge in [-0.3, -0.25) is 4.79 Å². The van der Waals surface area contributed by atoms with Gasteiger partial charge in [0.2, 0.25) is 5.91 Å². The summed E-state index contributed by atoms with van der Waals surface area (Å²) in [5.41, 5.74) is 6.71. The Morgan fingerprint density at radius 3 is 2.88 bits per heavy atom. The average molecular weight is 250 g/mol. The van der Waals surface area contributed by atoms with Crippen LogP contribution in [0.25, 0.3) is 0 Å². The van der Waals surface area contributed by atoms with Gasteiger partial charge in [-0.2, -0.15) is 5.26 Å². The minimum Gasteiger partial charge on any atom is -0.330 e. The number of benzene rings is 1. The fourth-order valence-electron chi connectivity index (χ4n) is 1.97. The number of anilines is 1. The summed E-state index contributed by atoms with van der Waals surface area (Å²) in [6.45, 7) is 1.09. The van der Waals surface area contributed by atoms with E-state index >= 15 is 0 Å². The van der Waals surface area contributed by atoms with E-state index in [-0.39, 0.29) is 11.8 Å². The van der Waals surface area contributed by atoms with Gasteiger partial charge in [0.05, 0.1) is 22.3 Å². The Kier molecular flexibility index (Phi) is 3.32. The first-order valence-corrected chi connectivity index (χ1v) is 5.73. The van der Waals surface area contributed by atoms with Gasteiger partial charge < -0.3 is 10.6 Å². The van der Waals surface area contributed by atoms with Crippen molar-refractivity contribution in [3.63, 3.8) is 0 Å². The SMILES string of the molecule is N#Cc1ccc(N2CC(CN)CC2=O)c(Cl)c1. The zero-order valence-electron chi connectivity index (χ0n) is 9.19. The zero-order valence-corrected chi connectivity index (χ0v) is 9.94. The molecule has 1 fully saturated rings. The van der Waals surface area contributed by atoms with Crippen molar-refractivity contribution < 1.29 is 4.79 Å². The van der Waals surface area contributed by atoms with Crippen molar-refractivity contribution in [2.75, 3.05) is 18.0 Å². The Labute approximate surface area is 105 Å². The Bertz CT molecular complexity index is 495. The van der Waals surface area contributed by atoms with Crippen molar-refractivity contribution in [2.45, 2.75) is 6.42 Å². The molecule has 1 unspecified atom stereocenters. The molecule has 1 atom stereocenters. The summed E-state index contributed by atoms with van der Waals surface area (Å²) in [5, 5.41) is 9.17. The number of nitrogens with two attached hydrogens (primary N) is 1. The van der Waals surface area contributed by atoms with Gasteiger partial charge in [-0.25, -0.2) is 0 Å². The number of hydrogen-bond donors (Lipinski definition) is 1. The lowest BCUT2D eigenvalue weighted by atomic mass is 10.1. The molecule has 2 rings (SSSR count). The van der Waals surface area contributed by atoms with Gasteiger partial charge in [0, 0.05) is 13.0 Å². The average Bonchev–Trinajstić information content (AvgIpc) is 2.70. The van der Waals surface area contributed by atoms with Crippen molar-refractivity contribution >= 4 is 23.2 Å². The predicted molar refractivity (Wildman–Crippen MR) is 65.7 cm³/mol. The third kappa shape index (κ3) is 2.26. The fraction of sp³-hybridized carbons (Fsp3) is 0.333. The summed E-state index contributed by atoms with van der Waals surface area (Å²) in [6, 6.07) is 6.94. The second-order valence-corrected chi connectivity index (χ2v) is 4.50. The van der Waals surface area contributed by atoms with Crippen molar-refractivity contribution in [3.05, 3.63) is 28.8 Å². The third-order valence-electron chi connectivity index (χ3n) is 2.91. The third-order valence-corrected chi connectivity index (χ3v) is 3.21. The van der Waals surface area contributed by atoms with E-state index in [4.69, 9.17) is 22.6 Å². The molecule has 88 valence electrons. The molecule has 0 aromatic heterocycles. The van der Waals surface area contributed by atoms with Crippen LogP contribution in [0, 0.1) is 17.2 Å². The van der Waals surface area contributed by atoms with Crippen molar-refractivity contribution in [3.8, 4) is 6.07 Å². The lowest BCUT2D eigenvalue weighted by molar-refractivity contribution is -0.117. The van der Waals surface area contributed by atoms with Gasteiger partial charge in [0.25, 0.3) is 0 Å². The Hall–Kier alpha value is -1.57. The normalized spacial score (nSPS) is 19.5. The largest absolute Gasteiger partial charge is 0.330 e. The number of nitrogens with zero attached hydrogens (tertiary/aromatic N) is 2. The monoisotopic (exact) mass is 249 g/mol. The first-order valence-electron chi connectivity index (χ1n) is 5.35. The summed E-state index contributed by atoms with van der Waals surface area (Å²) in [7, 11) is 0. The molecule has 1 amide bonds. The first kappa shape index (κ1) is 11.9. The number of carbonyl (C=O) groups is 1. The van der Waals surface area contributed by atoms with Crippen LogP contribution in [0.2, 0.25) is 5.02 Å². The molecule has 0 saturated carbocycles. The quantitative estimate of drug-likeness (QED) is 0.864. The van der Waals surface area contributed by atoms with Crippen LogP contribution in [0.3, 0.4) is 0 Å². The molecule has 0 spiro atoms. The molecular weight excluding hydrogens is 238 g/mol. The molecule has 1 aliphatic heterocycles. The van der Waals surface area contributed by atoms with Gasteiger partial charge in [-0.15, -0.1) is 0 Å². The summed E-state index contributed by atoms with van der Waals surface area (Å²) < 4.78 is 0. The van der Waals surface area contributed by atoms with E-state index in [2.05, 4.69) is 0 Å². The van der Waals surface area contributed by atoms with E-state index in [1.807, 2.05) is 6.07 Å². The van der Waals surface area contributed by atoms with Crippen molar-refractivity contribution in [2.24, 2.45) is 11.7 Å². The lowest BCUT2D eigenvalue weighted by Crippen LogP contribution is -2.26. The van der Waals surface area contributed by atoms with E-state index in [1.165, 1.54) is 0 Å². The maximum absolute atomic E-state index is 11.8. The first-order chi connectivity index (χ1) is 8.15. The summed E-state index contributed by atoms with van der Waals surface area (Å²) >= 11 is 6.07. The molecule has 0 aliphatic carbocycles. The number of carbonyl (C=O) groups excluding carboxylic acids is 1. The summed E-state index contributed by atoms with van der Waals surface area (Å²) in [4.78, 5) is 13.4. The second-order valence-electron chi connectivity index (χ2n) is 4.09. The number of nitriles is 1. The molecule has 4 nitrogen and oxygen atoms in total. The minimum absolute atomic E-state index is 0.0343. The van der Waals surface area contributed by atoms with Crippen LogP contribution >= 0.6 is 11.6 Å². The molecule has 0 radical (unpaired) electrons. The highest BCUT2D eigenvalue weighted by Gasteiger charge is 2.30. The molecule has 1 heterocycles. The number of amides is 1. The van der Waals surface area contributed by atoms with Gasteiger partial charge in [0.1, 0.15) is 0 Å². The number of halogens is 1. The molecule has 1 aromatic carbocycles. The molecule has 1 aromatic rings.